The third-order valence-corrected chi connectivity index (χ3v) is 0. The maximum Gasteiger partial charge on any atom is 1.00 e. The van der Waals surface area contributed by atoms with Crippen molar-refractivity contribution in [2.75, 3.05) is 0 Å². The Hall–Kier alpha value is 1.92. The van der Waals surface area contributed by atoms with Crippen molar-refractivity contribution in [1.82, 2.24) is 12.3 Å². The minimum atomic E-state index is 0. The Kier molecular flexibility index (Phi) is 199. The van der Waals surface area contributed by atoms with E-state index in [1.807, 2.05) is 0 Å². The molecule has 0 rings (SSSR count). The first-order valence-electron chi connectivity index (χ1n) is 0. The van der Waals surface area contributed by atoms with E-state index in [1.54, 1.807) is 0 Å². The molecule has 0 aromatic carbocycles. The van der Waals surface area contributed by atoms with E-state index >= 15 is 0 Å². The maximum absolute atomic E-state index is 0. The summed E-state index contributed by atoms with van der Waals surface area (Å²) in [5.74, 6) is 0. The van der Waals surface area contributed by atoms with Crippen molar-refractivity contribution in [3.8, 4) is 0 Å². The second-order valence-electron chi connectivity index (χ2n) is 0. The molecule has 0 atom stereocenters. The van der Waals surface area contributed by atoms with Gasteiger partial charge in [-0.25, -0.2) is 0 Å². The van der Waals surface area contributed by atoms with Crippen LogP contribution in [0, 0.1) is 0 Å². The molecule has 0 radical (unpaired) electrons. The zero-order valence-corrected chi connectivity index (χ0v) is 7.41. The van der Waals surface area contributed by atoms with Gasteiger partial charge in [0.2, 0.25) is 0 Å². The predicted octanol–water partition coefficient (Wildman–Crippen LogP) is -5.67. The number of hydrogen-bond acceptors (Lipinski definition) is 2. The molecule has 0 aliphatic carbocycles. The van der Waals surface area contributed by atoms with Crippen molar-refractivity contribution in [3.63, 3.8) is 0 Å². The first-order chi connectivity index (χ1) is 0. The monoisotopic (exact) mass is 80.0 g/mol. The summed E-state index contributed by atoms with van der Waals surface area (Å²) < 4.78 is 0. The molecule has 16 valence electrons. The molecule has 4 heavy (non-hydrogen) atoms. The summed E-state index contributed by atoms with van der Waals surface area (Å²) in [6.45, 7) is 0. The van der Waals surface area contributed by atoms with Gasteiger partial charge in [0.25, 0.3) is 0 Å². The van der Waals surface area contributed by atoms with Gasteiger partial charge in [-0.15, -0.1) is 0 Å². The smallest absolute Gasteiger partial charge is 0.344 e. The normalized spacial score (nSPS) is 0. The Labute approximate surface area is 70.5 Å². The quantitative estimate of drug-likeness (QED) is 0.285. The molecule has 0 heterocycles. The molecule has 0 aliphatic rings. The molecule has 0 saturated carbocycles. The molecule has 4 heteroatoms. The topological polar surface area (TPSA) is 70.0 Å². The van der Waals surface area contributed by atoms with Gasteiger partial charge in [-0.1, -0.05) is 0 Å². The van der Waals surface area contributed by atoms with Crippen LogP contribution in [0.5, 0.6) is 0 Å². The SMILES string of the molecule is N.N.[Na+].[Na+]. The van der Waals surface area contributed by atoms with E-state index in [2.05, 4.69) is 0 Å². The Morgan fingerprint density at radius 1 is 0.500 bits per heavy atom. The fraction of sp³-hybridized carbons (Fsp3) is 0. The van der Waals surface area contributed by atoms with Crippen LogP contribution in [-0.2, 0) is 0 Å². The Morgan fingerprint density at radius 3 is 0.500 bits per heavy atom. The summed E-state index contributed by atoms with van der Waals surface area (Å²) in [4.78, 5) is 0. The van der Waals surface area contributed by atoms with Crippen LogP contribution >= 0.6 is 0 Å². The van der Waals surface area contributed by atoms with Gasteiger partial charge in [-0.3, -0.25) is 0 Å². The van der Waals surface area contributed by atoms with Crippen LogP contribution in [0.25, 0.3) is 0 Å². The summed E-state index contributed by atoms with van der Waals surface area (Å²) in [6, 6.07) is 0. The average Bonchev–Trinajstić information content (AvgIpc) is 0. The van der Waals surface area contributed by atoms with E-state index in [4.69, 9.17) is 0 Å². The minimum absolute atomic E-state index is 0. The van der Waals surface area contributed by atoms with E-state index in [0.29, 0.717) is 0 Å². The molecule has 0 amide bonds. The van der Waals surface area contributed by atoms with Crippen molar-refractivity contribution < 1.29 is 59.1 Å². The molecular formula is H6N2Na2+2. The summed E-state index contributed by atoms with van der Waals surface area (Å²) in [7, 11) is 0. The van der Waals surface area contributed by atoms with Crippen molar-refractivity contribution in [2.24, 2.45) is 0 Å². The van der Waals surface area contributed by atoms with Gasteiger partial charge in [-0.05, 0) is 0 Å². The van der Waals surface area contributed by atoms with Gasteiger partial charge < -0.3 is 12.3 Å². The van der Waals surface area contributed by atoms with Crippen molar-refractivity contribution >= 4 is 0 Å². The standard InChI is InChI=1S/2H3N.2Na/h2*1H3;;/q;;2*+1. The fourth-order valence-corrected chi connectivity index (χ4v) is 0. The van der Waals surface area contributed by atoms with Gasteiger partial charge in [0.05, 0.1) is 0 Å². The first-order valence-corrected chi connectivity index (χ1v) is 0. The first kappa shape index (κ1) is 38.9. The molecule has 0 aromatic heterocycles. The average molecular weight is 80.0 g/mol. The van der Waals surface area contributed by atoms with E-state index < -0.39 is 0 Å². The second-order valence-corrected chi connectivity index (χ2v) is 0. The largest absolute Gasteiger partial charge is 1.00 e. The maximum atomic E-state index is 0. The van der Waals surface area contributed by atoms with Crippen LogP contribution in [-0.4, -0.2) is 0 Å². The molecule has 0 unspecified atom stereocenters. The number of rotatable bonds is 0. The Bertz CT molecular complexity index is 4.00. The Balaban J connectivity index is 0. The van der Waals surface area contributed by atoms with Gasteiger partial charge in [0, 0.05) is 0 Å². The predicted molar refractivity (Wildman–Crippen MR) is 10.0 cm³/mol. The molecule has 0 aromatic rings. The van der Waals surface area contributed by atoms with Crippen LogP contribution in [0.2, 0.25) is 0 Å². The zero-order chi connectivity index (χ0) is 0. The third-order valence-electron chi connectivity index (χ3n) is 0. The van der Waals surface area contributed by atoms with Crippen LogP contribution in [0.4, 0.5) is 0 Å². The molecule has 0 saturated heterocycles. The molecule has 2 nitrogen and oxygen atoms in total. The van der Waals surface area contributed by atoms with Crippen LogP contribution in [0.15, 0.2) is 0 Å². The van der Waals surface area contributed by atoms with Gasteiger partial charge in [0.15, 0.2) is 0 Å². The zero-order valence-electron chi connectivity index (χ0n) is 3.41. The molecule has 0 spiro atoms. The summed E-state index contributed by atoms with van der Waals surface area (Å²) in [6.07, 6.45) is 0. The van der Waals surface area contributed by atoms with E-state index in [9.17, 15) is 0 Å². The molecular weight excluding hydrogens is 74.0 g/mol. The van der Waals surface area contributed by atoms with Crippen molar-refractivity contribution in [3.05, 3.63) is 0 Å². The van der Waals surface area contributed by atoms with Crippen molar-refractivity contribution in [2.45, 2.75) is 0 Å². The second kappa shape index (κ2) is 20.5. The van der Waals surface area contributed by atoms with Gasteiger partial charge in [-0.2, -0.15) is 0 Å². The van der Waals surface area contributed by atoms with E-state index in [-0.39, 0.29) is 71.4 Å². The molecule has 0 fully saturated rings. The van der Waals surface area contributed by atoms with Gasteiger partial charge >= 0.3 is 59.1 Å². The molecule has 0 bridgehead atoms. The molecule has 0 aliphatic heterocycles. The minimum Gasteiger partial charge on any atom is -0.344 e. The summed E-state index contributed by atoms with van der Waals surface area (Å²) in [5, 5.41) is 0. The molecule has 6 N–H and O–H groups in total. The number of hydrogen-bond donors (Lipinski definition) is 2. The van der Waals surface area contributed by atoms with Crippen LogP contribution < -0.4 is 71.4 Å². The third kappa shape index (κ3) is 9.07. The summed E-state index contributed by atoms with van der Waals surface area (Å²) >= 11 is 0. The Morgan fingerprint density at radius 2 is 0.500 bits per heavy atom. The van der Waals surface area contributed by atoms with Crippen molar-refractivity contribution in [1.29, 1.82) is 0 Å². The summed E-state index contributed by atoms with van der Waals surface area (Å²) in [5.41, 5.74) is 0. The van der Waals surface area contributed by atoms with E-state index in [0.717, 1.165) is 0 Å². The van der Waals surface area contributed by atoms with Crippen LogP contribution in [0.3, 0.4) is 0 Å². The van der Waals surface area contributed by atoms with Crippen LogP contribution in [0.1, 0.15) is 0 Å². The van der Waals surface area contributed by atoms with E-state index in [1.165, 1.54) is 0 Å². The fourth-order valence-electron chi connectivity index (χ4n) is 0. The van der Waals surface area contributed by atoms with Gasteiger partial charge in [0.1, 0.15) is 0 Å².